The van der Waals surface area contributed by atoms with Crippen molar-refractivity contribution in [2.24, 2.45) is 10.8 Å². The van der Waals surface area contributed by atoms with E-state index in [2.05, 4.69) is 41.5 Å². The Labute approximate surface area is 92.3 Å². The van der Waals surface area contributed by atoms with E-state index in [1.165, 1.54) is 0 Å². The van der Waals surface area contributed by atoms with Crippen molar-refractivity contribution in [3.8, 4) is 0 Å². The van der Waals surface area contributed by atoms with E-state index in [4.69, 9.17) is 19.7 Å². The van der Waals surface area contributed by atoms with Gasteiger partial charge in [0.25, 0.3) is 0 Å². The third kappa shape index (κ3) is 31.9. The Kier molecular flexibility index (Phi) is 7.40. The maximum Gasteiger partial charge on any atom is 0.503 e. The Balaban J connectivity index is 0. The van der Waals surface area contributed by atoms with E-state index in [1.54, 1.807) is 0 Å². The molecule has 0 fully saturated rings. The largest absolute Gasteiger partial charge is 0.503 e. The number of rotatable bonds is 2. The third-order valence-electron chi connectivity index (χ3n) is 1.07. The summed E-state index contributed by atoms with van der Waals surface area (Å²) in [6, 6.07) is 0. The SMILES string of the molecule is CC(C)(C)COCC(C)(C)C.O=C(O)O. The summed E-state index contributed by atoms with van der Waals surface area (Å²) in [6.07, 6.45) is -1.83. The topological polar surface area (TPSA) is 66.8 Å². The molecule has 0 spiro atoms. The molecular weight excluding hydrogens is 196 g/mol. The highest BCUT2D eigenvalue weighted by atomic mass is 16.6. The van der Waals surface area contributed by atoms with Gasteiger partial charge >= 0.3 is 6.16 Å². The molecule has 0 aromatic carbocycles. The summed E-state index contributed by atoms with van der Waals surface area (Å²) < 4.78 is 5.56. The Morgan fingerprint density at radius 3 is 1.27 bits per heavy atom. The van der Waals surface area contributed by atoms with Crippen LogP contribution >= 0.6 is 0 Å². The van der Waals surface area contributed by atoms with E-state index in [0.717, 1.165) is 13.2 Å². The van der Waals surface area contributed by atoms with Crippen molar-refractivity contribution in [3.05, 3.63) is 0 Å². The van der Waals surface area contributed by atoms with Crippen molar-refractivity contribution in [2.75, 3.05) is 13.2 Å². The van der Waals surface area contributed by atoms with Gasteiger partial charge in [-0.2, -0.15) is 0 Å². The molecule has 15 heavy (non-hydrogen) atoms. The minimum absolute atomic E-state index is 0.297. The van der Waals surface area contributed by atoms with Crippen LogP contribution in [0.2, 0.25) is 0 Å². The van der Waals surface area contributed by atoms with Crippen LogP contribution in [-0.2, 0) is 4.74 Å². The first-order valence-electron chi connectivity index (χ1n) is 4.94. The monoisotopic (exact) mass is 220 g/mol. The van der Waals surface area contributed by atoms with Crippen LogP contribution in [-0.4, -0.2) is 29.6 Å². The van der Waals surface area contributed by atoms with E-state index >= 15 is 0 Å². The first-order chi connectivity index (χ1) is 6.44. The summed E-state index contributed by atoms with van der Waals surface area (Å²) in [7, 11) is 0. The highest BCUT2D eigenvalue weighted by Crippen LogP contribution is 2.17. The highest BCUT2D eigenvalue weighted by molar-refractivity contribution is 5.53. The summed E-state index contributed by atoms with van der Waals surface area (Å²) in [4.78, 5) is 8.56. The quantitative estimate of drug-likeness (QED) is 0.749. The smallest absolute Gasteiger partial charge is 0.450 e. The number of carboxylic acid groups (broad SMARTS) is 2. The van der Waals surface area contributed by atoms with Crippen LogP contribution in [0.1, 0.15) is 41.5 Å². The molecule has 0 radical (unpaired) electrons. The second-order valence-corrected chi connectivity index (χ2v) is 5.90. The van der Waals surface area contributed by atoms with E-state index < -0.39 is 6.16 Å². The fourth-order valence-corrected chi connectivity index (χ4v) is 0.663. The summed E-state index contributed by atoms with van der Waals surface area (Å²) in [5.41, 5.74) is 0.594. The first kappa shape index (κ1) is 16.7. The van der Waals surface area contributed by atoms with E-state index in [1.807, 2.05) is 0 Å². The zero-order chi connectivity index (χ0) is 12.7. The van der Waals surface area contributed by atoms with Gasteiger partial charge in [0, 0.05) is 0 Å². The van der Waals surface area contributed by atoms with Gasteiger partial charge in [0.1, 0.15) is 0 Å². The summed E-state index contributed by atoms with van der Waals surface area (Å²) in [6.45, 7) is 14.8. The Morgan fingerprint density at radius 2 is 1.13 bits per heavy atom. The molecule has 0 aliphatic carbocycles. The van der Waals surface area contributed by atoms with E-state index in [-0.39, 0.29) is 0 Å². The fourth-order valence-electron chi connectivity index (χ4n) is 0.663. The third-order valence-corrected chi connectivity index (χ3v) is 1.07. The summed E-state index contributed by atoms with van der Waals surface area (Å²) >= 11 is 0. The molecule has 0 saturated carbocycles. The molecule has 92 valence electrons. The molecule has 0 heterocycles. The van der Waals surface area contributed by atoms with Gasteiger partial charge in [-0.25, -0.2) is 4.79 Å². The van der Waals surface area contributed by atoms with Gasteiger partial charge in [-0.3, -0.25) is 0 Å². The lowest BCUT2D eigenvalue weighted by Crippen LogP contribution is -2.21. The minimum atomic E-state index is -1.83. The van der Waals surface area contributed by atoms with Crippen molar-refractivity contribution in [3.63, 3.8) is 0 Å². The molecule has 0 aliphatic heterocycles. The molecule has 4 heteroatoms. The Hall–Kier alpha value is -0.770. The lowest BCUT2D eigenvalue weighted by atomic mass is 9.97. The molecule has 0 bridgehead atoms. The molecule has 0 aliphatic rings. The van der Waals surface area contributed by atoms with Crippen LogP contribution in [0.5, 0.6) is 0 Å². The molecule has 0 saturated heterocycles. The van der Waals surface area contributed by atoms with Gasteiger partial charge in [0.05, 0.1) is 13.2 Å². The van der Waals surface area contributed by atoms with Gasteiger partial charge in [0.15, 0.2) is 0 Å². The van der Waals surface area contributed by atoms with Gasteiger partial charge in [-0.15, -0.1) is 0 Å². The van der Waals surface area contributed by atoms with Gasteiger partial charge in [0.2, 0.25) is 0 Å². The molecule has 0 aromatic rings. The van der Waals surface area contributed by atoms with Gasteiger partial charge < -0.3 is 14.9 Å². The van der Waals surface area contributed by atoms with Crippen molar-refractivity contribution >= 4 is 6.16 Å². The van der Waals surface area contributed by atoms with Crippen LogP contribution in [0.4, 0.5) is 4.79 Å². The second kappa shape index (κ2) is 6.67. The molecule has 0 unspecified atom stereocenters. The fraction of sp³-hybridized carbons (Fsp3) is 0.909. The lowest BCUT2D eigenvalue weighted by molar-refractivity contribution is 0.0275. The van der Waals surface area contributed by atoms with Crippen LogP contribution in [0.15, 0.2) is 0 Å². The Bertz CT molecular complexity index is 156. The van der Waals surface area contributed by atoms with Crippen LogP contribution in [0.25, 0.3) is 0 Å². The minimum Gasteiger partial charge on any atom is -0.450 e. The van der Waals surface area contributed by atoms with Gasteiger partial charge in [-0.05, 0) is 10.8 Å². The number of hydrogen-bond acceptors (Lipinski definition) is 2. The maximum atomic E-state index is 8.56. The highest BCUT2D eigenvalue weighted by Gasteiger charge is 2.14. The standard InChI is InChI=1S/C10H22O.CH2O3/c1-9(2,3)7-11-8-10(4,5)6;2-1(3)4/h7-8H2,1-6H3;(H2,2,3,4). The average Bonchev–Trinajstić information content (AvgIpc) is 1.77. The summed E-state index contributed by atoms with van der Waals surface area (Å²) in [5, 5.41) is 13.9. The first-order valence-corrected chi connectivity index (χ1v) is 4.94. The zero-order valence-corrected chi connectivity index (χ0v) is 10.6. The maximum absolute atomic E-state index is 8.56. The van der Waals surface area contributed by atoms with Crippen LogP contribution < -0.4 is 0 Å². The van der Waals surface area contributed by atoms with Crippen molar-refractivity contribution in [1.82, 2.24) is 0 Å². The molecular formula is C11H24O4. The van der Waals surface area contributed by atoms with E-state index in [9.17, 15) is 0 Å². The van der Waals surface area contributed by atoms with Crippen molar-refractivity contribution in [2.45, 2.75) is 41.5 Å². The predicted molar refractivity (Wildman–Crippen MR) is 60.4 cm³/mol. The van der Waals surface area contributed by atoms with Crippen molar-refractivity contribution < 1.29 is 19.7 Å². The van der Waals surface area contributed by atoms with Crippen LogP contribution in [0.3, 0.4) is 0 Å². The molecule has 0 amide bonds. The predicted octanol–water partition coefficient (Wildman–Crippen LogP) is 3.32. The van der Waals surface area contributed by atoms with Crippen molar-refractivity contribution in [1.29, 1.82) is 0 Å². The van der Waals surface area contributed by atoms with E-state index in [0.29, 0.717) is 10.8 Å². The van der Waals surface area contributed by atoms with Gasteiger partial charge in [-0.1, -0.05) is 41.5 Å². The number of ether oxygens (including phenoxy) is 1. The van der Waals surface area contributed by atoms with Crippen LogP contribution in [0, 0.1) is 10.8 Å². The molecule has 0 aromatic heterocycles. The zero-order valence-electron chi connectivity index (χ0n) is 10.6. The normalized spacial score (nSPS) is 11.6. The number of carbonyl (C=O) groups is 1. The summed E-state index contributed by atoms with van der Waals surface area (Å²) in [5.74, 6) is 0. The molecule has 2 N–H and O–H groups in total. The number of hydrogen-bond donors (Lipinski definition) is 2. The molecule has 0 atom stereocenters. The average molecular weight is 220 g/mol. The Morgan fingerprint density at radius 1 is 0.933 bits per heavy atom. The molecule has 0 rings (SSSR count). The second-order valence-electron chi connectivity index (χ2n) is 5.90. The lowest BCUT2D eigenvalue weighted by Gasteiger charge is -2.23. The molecule has 4 nitrogen and oxygen atoms in total.